The lowest BCUT2D eigenvalue weighted by Crippen LogP contribution is -2.36. The number of aliphatic hydroxyl groups is 1. The molecule has 2 N–H and O–H groups in total. The number of hydrogen-bond acceptors (Lipinski definition) is 4. The topological polar surface area (TPSA) is 70.4 Å². The van der Waals surface area contributed by atoms with Gasteiger partial charge in [-0.3, -0.25) is 0 Å². The molecule has 0 spiro atoms. The number of carboxylic acids is 1. The van der Waals surface area contributed by atoms with Crippen LogP contribution in [0.1, 0.15) is 16.8 Å². The SMILES string of the molecule is Cc1ncc(CC(C)(O)C(=O)O)s1. The van der Waals surface area contributed by atoms with E-state index in [-0.39, 0.29) is 6.42 Å². The third-order valence-electron chi connectivity index (χ3n) is 1.65. The lowest BCUT2D eigenvalue weighted by molar-refractivity contribution is -0.156. The Balaban J connectivity index is 2.74. The number of hydrogen-bond donors (Lipinski definition) is 2. The highest BCUT2D eigenvalue weighted by Crippen LogP contribution is 2.18. The molecule has 5 heteroatoms. The average Bonchev–Trinajstić information content (AvgIpc) is 2.34. The molecule has 0 bridgehead atoms. The molecule has 1 unspecified atom stereocenters. The second-order valence-electron chi connectivity index (χ2n) is 3.10. The van der Waals surface area contributed by atoms with Gasteiger partial charge in [0.1, 0.15) is 0 Å². The summed E-state index contributed by atoms with van der Waals surface area (Å²) in [5.74, 6) is -1.21. The number of aryl methyl sites for hydroxylation is 1. The highest BCUT2D eigenvalue weighted by molar-refractivity contribution is 7.11. The summed E-state index contributed by atoms with van der Waals surface area (Å²) in [4.78, 5) is 15.3. The monoisotopic (exact) mass is 201 g/mol. The van der Waals surface area contributed by atoms with Crippen molar-refractivity contribution in [1.29, 1.82) is 0 Å². The fourth-order valence-electron chi connectivity index (χ4n) is 0.902. The van der Waals surface area contributed by atoms with Crippen LogP contribution in [0.5, 0.6) is 0 Å². The van der Waals surface area contributed by atoms with Gasteiger partial charge in [-0.25, -0.2) is 9.78 Å². The first-order valence-electron chi connectivity index (χ1n) is 3.79. The molecular formula is C8H11NO3S. The van der Waals surface area contributed by atoms with Gasteiger partial charge in [0.2, 0.25) is 0 Å². The second-order valence-corrected chi connectivity index (χ2v) is 4.42. The van der Waals surface area contributed by atoms with Gasteiger partial charge in [0, 0.05) is 17.5 Å². The highest BCUT2D eigenvalue weighted by atomic mass is 32.1. The smallest absolute Gasteiger partial charge is 0.335 e. The fourth-order valence-corrected chi connectivity index (χ4v) is 1.85. The van der Waals surface area contributed by atoms with Crippen LogP contribution in [-0.4, -0.2) is 26.8 Å². The molecule has 1 rings (SSSR count). The van der Waals surface area contributed by atoms with Crippen LogP contribution in [0.2, 0.25) is 0 Å². The van der Waals surface area contributed by atoms with Gasteiger partial charge in [0.25, 0.3) is 0 Å². The van der Waals surface area contributed by atoms with Gasteiger partial charge >= 0.3 is 5.97 Å². The average molecular weight is 201 g/mol. The highest BCUT2D eigenvalue weighted by Gasteiger charge is 2.30. The molecule has 13 heavy (non-hydrogen) atoms. The van der Waals surface area contributed by atoms with Crippen LogP contribution >= 0.6 is 11.3 Å². The maximum Gasteiger partial charge on any atom is 0.335 e. The van der Waals surface area contributed by atoms with Gasteiger partial charge in [-0.2, -0.15) is 0 Å². The van der Waals surface area contributed by atoms with Crippen molar-refractivity contribution >= 4 is 17.3 Å². The van der Waals surface area contributed by atoms with E-state index in [1.807, 2.05) is 6.92 Å². The summed E-state index contributed by atoms with van der Waals surface area (Å²) in [6.07, 6.45) is 1.70. The van der Waals surface area contributed by atoms with E-state index in [2.05, 4.69) is 4.98 Å². The number of carboxylic acid groups (broad SMARTS) is 1. The third kappa shape index (κ3) is 2.50. The van der Waals surface area contributed by atoms with Crippen LogP contribution in [0.4, 0.5) is 0 Å². The number of nitrogens with zero attached hydrogens (tertiary/aromatic N) is 1. The molecule has 0 fully saturated rings. The van der Waals surface area contributed by atoms with Crippen LogP contribution < -0.4 is 0 Å². The molecule has 0 amide bonds. The Bertz CT molecular complexity index is 319. The maximum absolute atomic E-state index is 10.6. The van der Waals surface area contributed by atoms with Crippen LogP contribution in [0, 0.1) is 6.92 Å². The zero-order valence-corrected chi connectivity index (χ0v) is 8.26. The molecule has 1 heterocycles. The molecule has 1 aromatic heterocycles. The van der Waals surface area contributed by atoms with E-state index in [0.717, 1.165) is 9.88 Å². The summed E-state index contributed by atoms with van der Waals surface area (Å²) in [6, 6.07) is 0. The van der Waals surface area contributed by atoms with Gasteiger partial charge in [-0.05, 0) is 13.8 Å². The number of thiazole rings is 1. The first-order chi connectivity index (χ1) is 5.92. The normalized spacial score (nSPS) is 15.3. The number of aromatic nitrogens is 1. The third-order valence-corrected chi connectivity index (χ3v) is 2.56. The lowest BCUT2D eigenvalue weighted by atomic mass is 10.0. The van der Waals surface area contributed by atoms with Gasteiger partial charge < -0.3 is 10.2 Å². The molecule has 0 aromatic carbocycles. The molecule has 0 aliphatic carbocycles. The molecule has 1 atom stereocenters. The Morgan fingerprint density at radius 1 is 1.77 bits per heavy atom. The number of carbonyl (C=O) groups is 1. The predicted molar refractivity (Wildman–Crippen MR) is 48.8 cm³/mol. The summed E-state index contributed by atoms with van der Waals surface area (Å²) in [5.41, 5.74) is -1.70. The van der Waals surface area contributed by atoms with Crippen LogP contribution in [0.25, 0.3) is 0 Å². The van der Waals surface area contributed by atoms with Crippen LogP contribution in [0.3, 0.4) is 0 Å². The molecule has 0 saturated carbocycles. The molecule has 4 nitrogen and oxygen atoms in total. The Morgan fingerprint density at radius 2 is 2.38 bits per heavy atom. The Hall–Kier alpha value is -0.940. The van der Waals surface area contributed by atoms with Crippen LogP contribution in [0.15, 0.2) is 6.20 Å². The largest absolute Gasteiger partial charge is 0.479 e. The minimum atomic E-state index is -1.70. The van der Waals surface area contributed by atoms with Crippen molar-refractivity contribution in [2.75, 3.05) is 0 Å². The second kappa shape index (κ2) is 3.43. The predicted octanol–water partition coefficient (Wildman–Crippen LogP) is 0.830. The van der Waals surface area contributed by atoms with E-state index in [1.165, 1.54) is 18.3 Å². The summed E-state index contributed by atoms with van der Waals surface area (Å²) in [6.45, 7) is 3.12. The number of rotatable bonds is 3. The summed E-state index contributed by atoms with van der Waals surface area (Å²) in [7, 11) is 0. The van der Waals surface area contributed by atoms with E-state index >= 15 is 0 Å². The molecule has 0 aliphatic heterocycles. The summed E-state index contributed by atoms with van der Waals surface area (Å²) in [5, 5.41) is 18.9. The van der Waals surface area contributed by atoms with Gasteiger partial charge in [0.05, 0.1) is 5.01 Å². The quantitative estimate of drug-likeness (QED) is 0.760. The van der Waals surface area contributed by atoms with E-state index in [1.54, 1.807) is 6.20 Å². The van der Waals surface area contributed by atoms with E-state index in [4.69, 9.17) is 5.11 Å². The Labute approximate surface area is 79.9 Å². The van der Waals surface area contributed by atoms with Crippen molar-refractivity contribution in [2.24, 2.45) is 0 Å². The molecule has 0 saturated heterocycles. The van der Waals surface area contributed by atoms with Crippen LogP contribution in [-0.2, 0) is 11.2 Å². The van der Waals surface area contributed by atoms with Gasteiger partial charge in [-0.15, -0.1) is 11.3 Å². The standard InChI is InChI=1S/C8H11NO3S/c1-5-9-4-6(13-5)3-8(2,12)7(10)11/h4,12H,3H2,1-2H3,(H,10,11). The van der Waals surface area contributed by atoms with Crippen molar-refractivity contribution in [2.45, 2.75) is 25.9 Å². The molecule has 72 valence electrons. The molecule has 1 aromatic rings. The zero-order valence-electron chi connectivity index (χ0n) is 7.44. The van der Waals surface area contributed by atoms with Crippen molar-refractivity contribution in [3.63, 3.8) is 0 Å². The van der Waals surface area contributed by atoms with Crippen molar-refractivity contribution in [3.8, 4) is 0 Å². The molecule has 0 radical (unpaired) electrons. The number of aliphatic carboxylic acids is 1. The van der Waals surface area contributed by atoms with E-state index < -0.39 is 11.6 Å². The summed E-state index contributed by atoms with van der Waals surface area (Å²) >= 11 is 1.40. The first kappa shape index (κ1) is 10.1. The summed E-state index contributed by atoms with van der Waals surface area (Å²) < 4.78 is 0. The minimum Gasteiger partial charge on any atom is -0.479 e. The maximum atomic E-state index is 10.6. The van der Waals surface area contributed by atoms with Crippen molar-refractivity contribution in [1.82, 2.24) is 4.98 Å². The van der Waals surface area contributed by atoms with Gasteiger partial charge in [-0.1, -0.05) is 0 Å². The van der Waals surface area contributed by atoms with E-state index in [9.17, 15) is 9.90 Å². The minimum absolute atomic E-state index is 0.105. The van der Waals surface area contributed by atoms with Crippen molar-refractivity contribution in [3.05, 3.63) is 16.1 Å². The van der Waals surface area contributed by atoms with Gasteiger partial charge in [0.15, 0.2) is 5.60 Å². The molecular weight excluding hydrogens is 190 g/mol. The fraction of sp³-hybridized carbons (Fsp3) is 0.500. The van der Waals surface area contributed by atoms with Crippen molar-refractivity contribution < 1.29 is 15.0 Å². The molecule has 0 aliphatic rings. The van der Waals surface area contributed by atoms with E-state index in [0.29, 0.717) is 0 Å². The first-order valence-corrected chi connectivity index (χ1v) is 4.60. The lowest BCUT2D eigenvalue weighted by Gasteiger charge is -2.15. The Morgan fingerprint density at radius 3 is 2.77 bits per heavy atom. The Kier molecular flexibility index (Phi) is 2.68. The zero-order chi connectivity index (χ0) is 10.1.